The van der Waals surface area contributed by atoms with Crippen molar-refractivity contribution in [2.75, 3.05) is 16.8 Å². The Kier molecular flexibility index (Phi) is 3.35. The average molecular weight is 284 g/mol. The van der Waals surface area contributed by atoms with Gasteiger partial charge >= 0.3 is 0 Å². The van der Waals surface area contributed by atoms with Crippen molar-refractivity contribution >= 4 is 28.1 Å². The van der Waals surface area contributed by atoms with Crippen LogP contribution in [0.2, 0.25) is 0 Å². The highest BCUT2D eigenvalue weighted by atomic mass is 32.1. The van der Waals surface area contributed by atoms with Crippen molar-refractivity contribution in [1.82, 2.24) is 4.98 Å². The minimum atomic E-state index is -0.225. The summed E-state index contributed by atoms with van der Waals surface area (Å²) >= 11 is 1.48. The second-order valence-corrected chi connectivity index (χ2v) is 5.37. The van der Waals surface area contributed by atoms with Crippen molar-refractivity contribution in [2.45, 2.75) is 12.5 Å². The molecule has 1 aromatic heterocycles. The number of aromatic nitrogens is 1. The van der Waals surface area contributed by atoms with Crippen LogP contribution in [0.1, 0.15) is 12.0 Å². The van der Waals surface area contributed by atoms with Crippen molar-refractivity contribution in [3.8, 4) is 6.07 Å². The number of rotatable bonds is 3. The molecular formula is C14H12N4OS. The lowest BCUT2D eigenvalue weighted by Gasteiger charge is -2.17. The normalized spacial score (nSPS) is 18.1. The highest BCUT2D eigenvalue weighted by Gasteiger charge is 2.32. The van der Waals surface area contributed by atoms with Gasteiger partial charge in [0.1, 0.15) is 6.04 Å². The first-order valence-electron chi connectivity index (χ1n) is 6.25. The second kappa shape index (κ2) is 5.31. The van der Waals surface area contributed by atoms with Crippen LogP contribution in [0.5, 0.6) is 0 Å². The van der Waals surface area contributed by atoms with Crippen molar-refractivity contribution in [3.05, 3.63) is 41.4 Å². The predicted octanol–water partition coefficient (Wildman–Crippen LogP) is 2.23. The third-order valence-electron chi connectivity index (χ3n) is 3.24. The van der Waals surface area contributed by atoms with E-state index in [0.29, 0.717) is 12.1 Å². The second-order valence-electron chi connectivity index (χ2n) is 4.47. The van der Waals surface area contributed by atoms with Gasteiger partial charge in [-0.15, -0.1) is 11.3 Å². The summed E-state index contributed by atoms with van der Waals surface area (Å²) in [5.41, 5.74) is 1.43. The van der Waals surface area contributed by atoms with Gasteiger partial charge in [-0.2, -0.15) is 5.26 Å². The number of nitrogens with zero attached hydrogens (tertiary/aromatic N) is 3. The Balaban J connectivity index is 1.73. The van der Waals surface area contributed by atoms with Crippen molar-refractivity contribution < 1.29 is 4.79 Å². The molecule has 20 heavy (non-hydrogen) atoms. The monoisotopic (exact) mass is 284 g/mol. The van der Waals surface area contributed by atoms with E-state index in [-0.39, 0.29) is 11.9 Å². The van der Waals surface area contributed by atoms with E-state index in [1.54, 1.807) is 23.2 Å². The van der Waals surface area contributed by atoms with Gasteiger partial charge in [-0.3, -0.25) is 4.79 Å². The SMILES string of the molecule is N#Cc1ccc(N2CCC(Nc3nccs3)C2=O)cc1. The zero-order valence-corrected chi connectivity index (χ0v) is 11.4. The molecule has 0 aliphatic carbocycles. The first-order valence-corrected chi connectivity index (χ1v) is 7.13. The maximum Gasteiger partial charge on any atom is 0.249 e. The maximum atomic E-state index is 12.4. The Labute approximate surface area is 120 Å². The van der Waals surface area contributed by atoms with Gasteiger partial charge in [0.25, 0.3) is 0 Å². The Morgan fingerprint density at radius 1 is 1.40 bits per heavy atom. The summed E-state index contributed by atoms with van der Waals surface area (Å²) in [5.74, 6) is 0.0462. The van der Waals surface area contributed by atoms with Crippen LogP contribution in [0.15, 0.2) is 35.8 Å². The van der Waals surface area contributed by atoms with E-state index in [4.69, 9.17) is 5.26 Å². The summed E-state index contributed by atoms with van der Waals surface area (Å²) in [6.07, 6.45) is 2.46. The van der Waals surface area contributed by atoms with Gasteiger partial charge < -0.3 is 10.2 Å². The molecule has 1 atom stereocenters. The molecule has 1 N–H and O–H groups in total. The molecule has 2 aromatic rings. The third-order valence-corrected chi connectivity index (χ3v) is 3.95. The molecule has 1 saturated heterocycles. The smallest absolute Gasteiger partial charge is 0.249 e. The number of carbonyl (C=O) groups is 1. The van der Waals surface area contributed by atoms with E-state index in [1.165, 1.54) is 11.3 Å². The van der Waals surface area contributed by atoms with E-state index in [1.807, 2.05) is 17.5 Å². The average Bonchev–Trinajstić information content (AvgIpc) is 3.11. The van der Waals surface area contributed by atoms with Crippen molar-refractivity contribution in [2.24, 2.45) is 0 Å². The first-order chi connectivity index (χ1) is 9.78. The molecular weight excluding hydrogens is 272 g/mol. The molecule has 3 rings (SSSR count). The Morgan fingerprint density at radius 2 is 2.20 bits per heavy atom. The zero-order valence-electron chi connectivity index (χ0n) is 10.6. The number of carbonyl (C=O) groups excluding carboxylic acids is 1. The standard InChI is InChI=1S/C14H12N4OS/c15-9-10-1-3-11(4-2-10)18-7-5-12(13(18)19)17-14-16-6-8-20-14/h1-4,6,8,12H,5,7H2,(H,16,17). The number of thiazole rings is 1. The molecule has 0 bridgehead atoms. The van der Waals surface area contributed by atoms with Crippen LogP contribution in [-0.4, -0.2) is 23.5 Å². The number of anilines is 2. The van der Waals surface area contributed by atoms with Crippen LogP contribution in [0, 0.1) is 11.3 Å². The minimum Gasteiger partial charge on any atom is -0.350 e. The van der Waals surface area contributed by atoms with Crippen LogP contribution in [0.4, 0.5) is 10.8 Å². The number of amides is 1. The molecule has 1 fully saturated rings. The van der Waals surface area contributed by atoms with E-state index >= 15 is 0 Å². The molecule has 1 aliphatic heterocycles. The highest BCUT2D eigenvalue weighted by Crippen LogP contribution is 2.24. The summed E-state index contributed by atoms with van der Waals surface area (Å²) in [7, 11) is 0. The van der Waals surface area contributed by atoms with Crippen LogP contribution in [0.25, 0.3) is 0 Å². The first kappa shape index (κ1) is 12.6. The number of nitrogens with one attached hydrogen (secondary N) is 1. The summed E-state index contributed by atoms with van der Waals surface area (Å²) < 4.78 is 0. The lowest BCUT2D eigenvalue weighted by Crippen LogP contribution is -2.33. The third kappa shape index (κ3) is 2.36. The van der Waals surface area contributed by atoms with Crippen LogP contribution in [0.3, 0.4) is 0 Å². The van der Waals surface area contributed by atoms with Gasteiger partial charge in [0.05, 0.1) is 11.6 Å². The predicted molar refractivity (Wildman–Crippen MR) is 77.7 cm³/mol. The molecule has 0 spiro atoms. The van der Waals surface area contributed by atoms with E-state index in [9.17, 15) is 4.79 Å². The number of nitriles is 1. The minimum absolute atomic E-state index is 0.0462. The molecule has 0 saturated carbocycles. The molecule has 1 aliphatic rings. The lowest BCUT2D eigenvalue weighted by atomic mass is 10.2. The molecule has 2 heterocycles. The van der Waals surface area contributed by atoms with Gasteiger partial charge in [0, 0.05) is 23.8 Å². The van der Waals surface area contributed by atoms with Gasteiger partial charge in [0.2, 0.25) is 5.91 Å². The maximum absolute atomic E-state index is 12.4. The van der Waals surface area contributed by atoms with E-state index in [0.717, 1.165) is 17.2 Å². The van der Waals surface area contributed by atoms with Crippen LogP contribution >= 0.6 is 11.3 Å². The highest BCUT2D eigenvalue weighted by molar-refractivity contribution is 7.13. The zero-order chi connectivity index (χ0) is 13.9. The van der Waals surface area contributed by atoms with Crippen molar-refractivity contribution in [1.29, 1.82) is 5.26 Å². The largest absolute Gasteiger partial charge is 0.350 e. The Bertz CT molecular complexity index is 645. The molecule has 6 heteroatoms. The fraction of sp³-hybridized carbons (Fsp3) is 0.214. The summed E-state index contributed by atoms with van der Waals surface area (Å²) in [6, 6.07) is 8.91. The summed E-state index contributed by atoms with van der Waals surface area (Å²) in [5, 5.41) is 14.6. The Hall–Kier alpha value is -2.39. The van der Waals surface area contributed by atoms with E-state index < -0.39 is 0 Å². The molecule has 5 nitrogen and oxygen atoms in total. The fourth-order valence-electron chi connectivity index (χ4n) is 2.23. The van der Waals surface area contributed by atoms with Gasteiger partial charge in [0.15, 0.2) is 5.13 Å². The fourth-order valence-corrected chi connectivity index (χ4v) is 2.81. The van der Waals surface area contributed by atoms with Gasteiger partial charge in [-0.05, 0) is 30.7 Å². The number of benzene rings is 1. The molecule has 100 valence electrons. The molecule has 1 aromatic carbocycles. The summed E-state index contributed by atoms with van der Waals surface area (Å²) in [6.45, 7) is 0.674. The number of hydrogen-bond acceptors (Lipinski definition) is 5. The molecule has 1 amide bonds. The molecule has 1 unspecified atom stereocenters. The Morgan fingerprint density at radius 3 is 2.85 bits per heavy atom. The quantitative estimate of drug-likeness (QED) is 0.938. The summed E-state index contributed by atoms with van der Waals surface area (Å²) in [4.78, 5) is 18.2. The molecule has 0 radical (unpaired) electrons. The number of hydrogen-bond donors (Lipinski definition) is 1. The lowest BCUT2D eigenvalue weighted by molar-refractivity contribution is -0.117. The van der Waals surface area contributed by atoms with Crippen molar-refractivity contribution in [3.63, 3.8) is 0 Å². The van der Waals surface area contributed by atoms with Gasteiger partial charge in [-0.1, -0.05) is 0 Å². The van der Waals surface area contributed by atoms with E-state index in [2.05, 4.69) is 16.4 Å². The van der Waals surface area contributed by atoms with Crippen LogP contribution in [-0.2, 0) is 4.79 Å². The topological polar surface area (TPSA) is 69.0 Å². The van der Waals surface area contributed by atoms with Gasteiger partial charge in [-0.25, -0.2) is 4.98 Å². The van der Waals surface area contributed by atoms with Crippen LogP contribution < -0.4 is 10.2 Å².